The minimum absolute atomic E-state index is 0.180. The highest BCUT2D eigenvalue weighted by Gasteiger charge is 2.03. The maximum absolute atomic E-state index is 11.1. The second-order valence-electron chi connectivity index (χ2n) is 3.26. The van der Waals surface area contributed by atoms with Crippen molar-refractivity contribution in [3.05, 3.63) is 18.2 Å². The molecule has 16 heavy (non-hydrogen) atoms. The molecule has 5 nitrogen and oxygen atoms in total. The molecule has 0 radical (unpaired) electrons. The van der Waals surface area contributed by atoms with E-state index in [9.17, 15) is 4.79 Å². The lowest BCUT2D eigenvalue weighted by Crippen LogP contribution is -2.33. The summed E-state index contributed by atoms with van der Waals surface area (Å²) in [6.45, 7) is 0.638. The summed E-state index contributed by atoms with van der Waals surface area (Å²) in [4.78, 5) is 15.3. The lowest BCUT2D eigenvalue weighted by atomic mass is 10.7. The quantitative estimate of drug-likeness (QED) is 0.616. The molecule has 1 aromatic rings. The molecule has 0 saturated carbocycles. The topological polar surface area (TPSA) is 50.2 Å². The molecule has 0 bridgehead atoms. The Labute approximate surface area is 105 Å². The minimum Gasteiger partial charge on any atom is -0.337 e. The fourth-order valence-electron chi connectivity index (χ4n) is 1.04. The van der Waals surface area contributed by atoms with Crippen LogP contribution in [0.4, 0.5) is 4.79 Å². The zero-order valence-electron chi connectivity index (χ0n) is 9.38. The molecule has 0 aliphatic heterocycles. The molecule has 0 aliphatic carbocycles. The molecular formula is C9H16N4OS2. The minimum atomic E-state index is -0.180. The highest BCUT2D eigenvalue weighted by molar-refractivity contribution is 7.98. The van der Waals surface area contributed by atoms with Crippen LogP contribution in [-0.2, 0) is 12.8 Å². The number of amides is 2. The molecule has 0 saturated heterocycles. The number of hydrogen-bond donors (Lipinski definition) is 2. The molecule has 1 heterocycles. The van der Waals surface area contributed by atoms with Gasteiger partial charge in [-0.15, -0.1) is 0 Å². The van der Waals surface area contributed by atoms with Gasteiger partial charge in [-0.25, -0.2) is 9.78 Å². The average molecular weight is 260 g/mol. The number of carbonyl (C=O) groups excluding carboxylic acids is 1. The van der Waals surface area contributed by atoms with Gasteiger partial charge in [0.2, 0.25) is 0 Å². The van der Waals surface area contributed by atoms with Crippen molar-refractivity contribution >= 4 is 30.6 Å². The Morgan fingerprint density at radius 2 is 2.50 bits per heavy atom. The molecule has 7 heteroatoms. The Balaban J connectivity index is 2.09. The molecule has 90 valence electrons. The van der Waals surface area contributed by atoms with Crippen LogP contribution in [0, 0.1) is 0 Å². The molecule has 1 N–H and O–H groups in total. The van der Waals surface area contributed by atoms with Crippen LogP contribution in [0.2, 0.25) is 0 Å². The number of rotatable bonds is 5. The Bertz CT molecular complexity index is 340. The lowest BCUT2D eigenvalue weighted by molar-refractivity contribution is 0.231. The second-order valence-corrected chi connectivity index (χ2v) is 4.97. The summed E-state index contributed by atoms with van der Waals surface area (Å²) >= 11 is 5.62. The van der Waals surface area contributed by atoms with E-state index in [1.807, 2.05) is 17.8 Å². The molecule has 2 amide bonds. The van der Waals surface area contributed by atoms with Crippen molar-refractivity contribution < 1.29 is 4.79 Å². The van der Waals surface area contributed by atoms with E-state index in [0.29, 0.717) is 6.54 Å². The number of hydrogen-bond acceptors (Lipinski definition) is 4. The van der Waals surface area contributed by atoms with Gasteiger partial charge in [-0.2, -0.15) is 11.8 Å². The van der Waals surface area contributed by atoms with Gasteiger partial charge >= 0.3 is 6.03 Å². The van der Waals surface area contributed by atoms with Crippen molar-refractivity contribution in [1.82, 2.24) is 19.2 Å². The first kappa shape index (κ1) is 13.2. The van der Waals surface area contributed by atoms with Gasteiger partial charge in [0.15, 0.2) is 0 Å². The maximum Gasteiger partial charge on any atom is 0.326 e. The van der Waals surface area contributed by atoms with Crippen LogP contribution < -0.4 is 5.32 Å². The molecule has 0 spiro atoms. The summed E-state index contributed by atoms with van der Waals surface area (Å²) in [5.41, 5.74) is 0. The largest absolute Gasteiger partial charge is 0.337 e. The van der Waals surface area contributed by atoms with E-state index in [1.165, 1.54) is 4.31 Å². The summed E-state index contributed by atoms with van der Waals surface area (Å²) in [5, 5.41) is 2.74. The van der Waals surface area contributed by atoms with Gasteiger partial charge in [0, 0.05) is 38.8 Å². The number of nitrogens with zero attached hydrogens (tertiary/aromatic N) is 3. The number of thiol groups is 1. The Kier molecular flexibility index (Phi) is 5.54. The number of urea groups is 1. The number of nitrogens with one attached hydrogen (secondary N) is 1. The molecular weight excluding hydrogens is 244 g/mol. The highest BCUT2D eigenvalue weighted by atomic mass is 32.2. The summed E-state index contributed by atoms with van der Waals surface area (Å²) in [7, 11) is 3.57. The SMILES string of the molecule is CN(S)C(=O)NCCSCc1nccn1C. The summed E-state index contributed by atoms with van der Waals surface area (Å²) in [5.74, 6) is 2.76. The first-order valence-corrected chi connectivity index (χ1v) is 6.41. The van der Waals surface area contributed by atoms with Crippen molar-refractivity contribution in [2.45, 2.75) is 5.75 Å². The van der Waals surface area contributed by atoms with Crippen molar-refractivity contribution in [2.75, 3.05) is 19.3 Å². The van der Waals surface area contributed by atoms with Crippen LogP contribution in [-0.4, -0.2) is 39.2 Å². The third kappa shape index (κ3) is 4.36. The van der Waals surface area contributed by atoms with Crippen molar-refractivity contribution in [3.63, 3.8) is 0 Å². The standard InChI is InChI=1S/C9H16N4OS2/c1-12-5-3-10-8(12)7-16-6-4-11-9(14)13(2)15/h3,5,15H,4,6-7H2,1-2H3,(H,11,14). The highest BCUT2D eigenvalue weighted by Crippen LogP contribution is 2.08. The first-order chi connectivity index (χ1) is 7.61. The predicted molar refractivity (Wildman–Crippen MR) is 69.5 cm³/mol. The van der Waals surface area contributed by atoms with E-state index >= 15 is 0 Å². The Hall–Kier alpha value is -0.820. The molecule has 0 aromatic carbocycles. The summed E-state index contributed by atoms with van der Waals surface area (Å²) in [6, 6.07) is -0.180. The number of carbonyl (C=O) groups is 1. The molecule has 0 unspecified atom stereocenters. The van der Waals surface area contributed by atoms with Gasteiger partial charge in [-0.3, -0.25) is 4.31 Å². The summed E-state index contributed by atoms with van der Waals surface area (Å²) in [6.07, 6.45) is 3.71. The number of aromatic nitrogens is 2. The van der Waals surface area contributed by atoms with E-state index in [4.69, 9.17) is 0 Å². The normalized spacial score (nSPS) is 10.2. The van der Waals surface area contributed by atoms with E-state index in [0.717, 1.165) is 17.3 Å². The van der Waals surface area contributed by atoms with Gasteiger partial charge < -0.3 is 9.88 Å². The van der Waals surface area contributed by atoms with E-state index in [2.05, 4.69) is 23.1 Å². The van der Waals surface area contributed by atoms with E-state index in [1.54, 1.807) is 25.0 Å². The molecule has 0 atom stereocenters. The first-order valence-electron chi connectivity index (χ1n) is 4.85. The predicted octanol–water partition coefficient (Wildman–Crippen LogP) is 1.14. The second kappa shape index (κ2) is 6.70. The van der Waals surface area contributed by atoms with Crippen LogP contribution >= 0.6 is 24.6 Å². The van der Waals surface area contributed by atoms with Crippen molar-refractivity contribution in [3.8, 4) is 0 Å². The maximum atomic E-state index is 11.1. The van der Waals surface area contributed by atoms with Crippen LogP contribution in [0.1, 0.15) is 5.82 Å². The number of imidazole rings is 1. The van der Waals surface area contributed by atoms with Gasteiger partial charge in [0.05, 0.1) is 5.75 Å². The smallest absolute Gasteiger partial charge is 0.326 e. The van der Waals surface area contributed by atoms with E-state index < -0.39 is 0 Å². The van der Waals surface area contributed by atoms with E-state index in [-0.39, 0.29) is 6.03 Å². The molecule has 1 rings (SSSR count). The zero-order valence-corrected chi connectivity index (χ0v) is 11.1. The molecule has 0 fully saturated rings. The molecule has 0 aliphatic rings. The van der Waals surface area contributed by atoms with Crippen molar-refractivity contribution in [1.29, 1.82) is 0 Å². The Morgan fingerprint density at radius 3 is 3.06 bits per heavy atom. The number of thioether (sulfide) groups is 1. The third-order valence-electron chi connectivity index (χ3n) is 1.97. The molecule has 1 aromatic heterocycles. The monoisotopic (exact) mass is 260 g/mol. The van der Waals surface area contributed by atoms with Gasteiger partial charge in [-0.1, -0.05) is 12.8 Å². The van der Waals surface area contributed by atoms with Gasteiger partial charge in [0.25, 0.3) is 0 Å². The third-order valence-corrected chi connectivity index (χ3v) is 3.11. The van der Waals surface area contributed by atoms with Gasteiger partial charge in [-0.05, 0) is 0 Å². The Morgan fingerprint density at radius 1 is 1.75 bits per heavy atom. The summed E-state index contributed by atoms with van der Waals surface area (Å²) < 4.78 is 3.22. The van der Waals surface area contributed by atoms with Crippen LogP contribution in [0.15, 0.2) is 12.4 Å². The zero-order chi connectivity index (χ0) is 12.0. The van der Waals surface area contributed by atoms with Crippen molar-refractivity contribution in [2.24, 2.45) is 7.05 Å². The van der Waals surface area contributed by atoms with Crippen LogP contribution in [0.25, 0.3) is 0 Å². The fraction of sp³-hybridized carbons (Fsp3) is 0.556. The van der Waals surface area contributed by atoms with Crippen LogP contribution in [0.5, 0.6) is 0 Å². The fourth-order valence-corrected chi connectivity index (χ4v) is 1.97. The van der Waals surface area contributed by atoms with Crippen LogP contribution in [0.3, 0.4) is 0 Å². The average Bonchev–Trinajstić information content (AvgIpc) is 2.63. The number of aryl methyl sites for hydroxylation is 1. The lowest BCUT2D eigenvalue weighted by Gasteiger charge is -2.10. The van der Waals surface area contributed by atoms with Gasteiger partial charge in [0.1, 0.15) is 5.82 Å².